The van der Waals surface area contributed by atoms with Gasteiger partial charge in [-0.25, -0.2) is 23.7 Å². The molecule has 2 heterocycles. The van der Waals surface area contributed by atoms with E-state index in [-0.39, 0.29) is 35.4 Å². The number of aliphatic hydroxyl groups is 1. The molecule has 0 unspecified atom stereocenters. The van der Waals surface area contributed by atoms with Gasteiger partial charge in [-0.2, -0.15) is 13.2 Å². The monoisotopic (exact) mass is 437 g/mol. The maximum atomic E-state index is 13.5. The van der Waals surface area contributed by atoms with E-state index in [4.69, 9.17) is 0 Å². The van der Waals surface area contributed by atoms with Crippen LogP contribution in [0.15, 0.2) is 42.5 Å². The van der Waals surface area contributed by atoms with Gasteiger partial charge in [0, 0.05) is 24.4 Å². The molecule has 1 aliphatic rings. The van der Waals surface area contributed by atoms with Crippen LogP contribution in [0.4, 0.5) is 39.3 Å². The number of hydrogen-bond acceptors (Lipinski definition) is 6. The highest BCUT2D eigenvalue weighted by Crippen LogP contribution is 2.35. The van der Waals surface area contributed by atoms with E-state index in [2.05, 4.69) is 25.6 Å². The summed E-state index contributed by atoms with van der Waals surface area (Å²) in [6, 6.07) is 7.49. The predicted molar refractivity (Wildman–Crippen MR) is 103 cm³/mol. The van der Waals surface area contributed by atoms with Gasteiger partial charge in [-0.1, -0.05) is 6.07 Å². The third-order valence-corrected chi connectivity index (χ3v) is 4.56. The molecule has 2 aromatic heterocycles. The van der Waals surface area contributed by atoms with E-state index in [1.165, 1.54) is 18.2 Å². The zero-order chi connectivity index (χ0) is 22.2. The molecule has 1 saturated carbocycles. The van der Waals surface area contributed by atoms with Crippen LogP contribution in [0.25, 0.3) is 11.5 Å². The normalized spacial score (nSPS) is 14.9. The van der Waals surface area contributed by atoms with Gasteiger partial charge >= 0.3 is 6.18 Å². The SMILES string of the molecule is OC1(CNc2cc(Nc3cc(F)cc(F)c3)nc(-c3cccc(C(F)(F)F)n3)n2)CC1. The summed E-state index contributed by atoms with van der Waals surface area (Å²) in [6.45, 7) is 0.174. The molecule has 6 nitrogen and oxygen atoms in total. The summed E-state index contributed by atoms with van der Waals surface area (Å²) in [5.74, 6) is -1.50. The molecule has 11 heteroatoms. The van der Waals surface area contributed by atoms with Crippen LogP contribution in [0.5, 0.6) is 0 Å². The van der Waals surface area contributed by atoms with Gasteiger partial charge in [-0.05, 0) is 37.1 Å². The number of pyridine rings is 1. The Bertz CT molecular complexity index is 1100. The van der Waals surface area contributed by atoms with Crippen LogP contribution < -0.4 is 10.6 Å². The van der Waals surface area contributed by atoms with Crippen LogP contribution in [-0.2, 0) is 6.18 Å². The van der Waals surface area contributed by atoms with Crippen molar-refractivity contribution in [1.82, 2.24) is 15.0 Å². The van der Waals surface area contributed by atoms with Crippen molar-refractivity contribution in [2.45, 2.75) is 24.6 Å². The van der Waals surface area contributed by atoms with Gasteiger partial charge in [-0.3, -0.25) is 0 Å². The Labute approximate surface area is 173 Å². The average molecular weight is 437 g/mol. The second-order valence-electron chi connectivity index (χ2n) is 7.23. The summed E-state index contributed by atoms with van der Waals surface area (Å²) in [6.07, 6.45) is -3.43. The Balaban J connectivity index is 1.70. The van der Waals surface area contributed by atoms with Crippen molar-refractivity contribution >= 4 is 17.3 Å². The maximum Gasteiger partial charge on any atom is 0.433 e. The first-order valence-corrected chi connectivity index (χ1v) is 9.23. The molecule has 0 aliphatic heterocycles. The molecule has 0 amide bonds. The molecule has 4 rings (SSSR count). The molecule has 3 N–H and O–H groups in total. The highest BCUT2D eigenvalue weighted by atomic mass is 19.4. The Kier molecular flexibility index (Phi) is 5.21. The zero-order valence-electron chi connectivity index (χ0n) is 15.8. The Morgan fingerprint density at radius 2 is 1.61 bits per heavy atom. The zero-order valence-corrected chi connectivity index (χ0v) is 15.8. The summed E-state index contributed by atoms with van der Waals surface area (Å²) in [7, 11) is 0. The fourth-order valence-corrected chi connectivity index (χ4v) is 2.78. The lowest BCUT2D eigenvalue weighted by Gasteiger charge is -2.14. The number of aromatic nitrogens is 3. The van der Waals surface area contributed by atoms with E-state index >= 15 is 0 Å². The summed E-state index contributed by atoms with van der Waals surface area (Å²) in [5, 5.41) is 15.6. The minimum atomic E-state index is -4.65. The van der Waals surface area contributed by atoms with Gasteiger partial charge in [0.15, 0.2) is 5.82 Å². The Morgan fingerprint density at radius 3 is 2.26 bits per heavy atom. The van der Waals surface area contributed by atoms with Crippen LogP contribution in [0, 0.1) is 11.6 Å². The quantitative estimate of drug-likeness (QED) is 0.492. The largest absolute Gasteiger partial charge is 0.433 e. The molecular formula is C20H16F5N5O. The fourth-order valence-electron chi connectivity index (χ4n) is 2.78. The lowest BCUT2D eigenvalue weighted by atomic mass is 10.2. The lowest BCUT2D eigenvalue weighted by Crippen LogP contribution is -2.21. The van der Waals surface area contributed by atoms with Crippen molar-refractivity contribution in [2.75, 3.05) is 17.2 Å². The number of nitrogens with zero attached hydrogens (tertiary/aromatic N) is 3. The molecule has 0 saturated heterocycles. The summed E-state index contributed by atoms with van der Waals surface area (Å²) in [5.41, 5.74) is -2.07. The predicted octanol–water partition coefficient (Wildman–Crippen LogP) is 4.52. The minimum Gasteiger partial charge on any atom is -0.388 e. The number of rotatable bonds is 6. The van der Waals surface area contributed by atoms with E-state index in [0.29, 0.717) is 18.9 Å². The topological polar surface area (TPSA) is 83.0 Å². The van der Waals surface area contributed by atoms with Crippen LogP contribution in [0.3, 0.4) is 0 Å². The van der Waals surface area contributed by atoms with E-state index in [0.717, 1.165) is 18.2 Å². The van der Waals surface area contributed by atoms with Crippen LogP contribution in [-0.4, -0.2) is 32.2 Å². The number of benzene rings is 1. The van der Waals surface area contributed by atoms with E-state index in [1.807, 2.05) is 0 Å². The molecule has 0 bridgehead atoms. The van der Waals surface area contributed by atoms with Crippen molar-refractivity contribution in [2.24, 2.45) is 0 Å². The van der Waals surface area contributed by atoms with Gasteiger partial charge < -0.3 is 15.7 Å². The molecule has 1 aliphatic carbocycles. The summed E-state index contributed by atoms with van der Waals surface area (Å²) in [4.78, 5) is 11.9. The molecule has 162 valence electrons. The van der Waals surface area contributed by atoms with Crippen LogP contribution >= 0.6 is 0 Å². The first-order valence-electron chi connectivity index (χ1n) is 9.23. The Morgan fingerprint density at radius 1 is 0.935 bits per heavy atom. The Hall–Kier alpha value is -3.34. The second kappa shape index (κ2) is 7.73. The average Bonchev–Trinajstić information content (AvgIpc) is 3.43. The first-order chi connectivity index (χ1) is 14.6. The first kappa shape index (κ1) is 20.9. The van der Waals surface area contributed by atoms with Crippen molar-refractivity contribution in [3.8, 4) is 11.5 Å². The van der Waals surface area contributed by atoms with E-state index in [9.17, 15) is 27.1 Å². The fraction of sp³-hybridized carbons (Fsp3) is 0.250. The van der Waals surface area contributed by atoms with Gasteiger partial charge in [0.1, 0.15) is 34.7 Å². The van der Waals surface area contributed by atoms with Crippen molar-refractivity contribution in [3.63, 3.8) is 0 Å². The number of alkyl halides is 3. The van der Waals surface area contributed by atoms with Crippen molar-refractivity contribution < 1.29 is 27.1 Å². The third-order valence-electron chi connectivity index (χ3n) is 4.56. The number of anilines is 3. The number of nitrogens with one attached hydrogen (secondary N) is 2. The third kappa shape index (κ3) is 5.23. The highest BCUT2D eigenvalue weighted by Gasteiger charge is 2.40. The molecule has 0 atom stereocenters. The summed E-state index contributed by atoms with van der Waals surface area (Å²) < 4.78 is 66.1. The molecule has 1 fully saturated rings. The highest BCUT2D eigenvalue weighted by molar-refractivity contribution is 5.64. The molecule has 31 heavy (non-hydrogen) atoms. The van der Waals surface area contributed by atoms with E-state index in [1.54, 1.807) is 0 Å². The molecule has 1 aromatic carbocycles. The van der Waals surface area contributed by atoms with Gasteiger partial charge in [0.25, 0.3) is 0 Å². The standard InChI is InChI=1S/C20H16F5N5O/c21-11-6-12(22)8-13(7-11)27-17-9-16(26-10-19(31)4-5-19)29-18(30-17)14-2-1-3-15(28-14)20(23,24)25/h1-3,6-9,31H,4-5,10H2,(H2,26,27,29,30). The number of hydrogen-bond donors (Lipinski definition) is 3. The minimum absolute atomic E-state index is 0.0472. The van der Waals surface area contributed by atoms with Crippen molar-refractivity contribution in [1.29, 1.82) is 0 Å². The smallest absolute Gasteiger partial charge is 0.388 e. The lowest BCUT2D eigenvalue weighted by molar-refractivity contribution is -0.141. The molecule has 0 radical (unpaired) electrons. The molecular weight excluding hydrogens is 421 g/mol. The van der Waals surface area contributed by atoms with Crippen LogP contribution in [0.1, 0.15) is 18.5 Å². The van der Waals surface area contributed by atoms with E-state index < -0.39 is 29.1 Å². The number of halogens is 5. The van der Waals surface area contributed by atoms with Crippen LogP contribution in [0.2, 0.25) is 0 Å². The van der Waals surface area contributed by atoms with Gasteiger partial charge in [0.2, 0.25) is 0 Å². The second-order valence-corrected chi connectivity index (χ2v) is 7.23. The van der Waals surface area contributed by atoms with Gasteiger partial charge in [0.05, 0.1) is 5.60 Å². The molecule has 0 spiro atoms. The summed E-state index contributed by atoms with van der Waals surface area (Å²) >= 11 is 0. The van der Waals surface area contributed by atoms with Crippen molar-refractivity contribution in [3.05, 3.63) is 59.8 Å². The maximum absolute atomic E-state index is 13.5. The van der Waals surface area contributed by atoms with Gasteiger partial charge in [-0.15, -0.1) is 0 Å². The molecule has 3 aromatic rings.